The molecule has 0 amide bonds. The number of alkyl halides is 1. The van der Waals surface area contributed by atoms with Crippen LogP contribution in [0, 0.1) is 6.92 Å². The Labute approximate surface area is 114 Å². The number of hydrogen-bond acceptors (Lipinski definition) is 1. The first-order valence-corrected chi connectivity index (χ1v) is 6.73. The molecule has 2 aromatic rings. The molecule has 4 heteroatoms. The van der Waals surface area contributed by atoms with Gasteiger partial charge in [0, 0.05) is 19.8 Å². The molecular weight excluding hydrogens is 283 g/mol. The highest BCUT2D eigenvalue weighted by atomic mass is 35.5. The monoisotopic (exact) mass is 290 g/mol. The van der Waals surface area contributed by atoms with Gasteiger partial charge in [0.15, 0.2) is 0 Å². The topological polar surface area (TPSA) is 0 Å². The van der Waals surface area contributed by atoms with E-state index < -0.39 is 0 Å². The van der Waals surface area contributed by atoms with E-state index in [0.29, 0.717) is 10.0 Å². The summed E-state index contributed by atoms with van der Waals surface area (Å²) in [4.78, 5) is 2.35. The fourth-order valence-electron chi connectivity index (χ4n) is 1.48. The molecule has 1 aromatic heterocycles. The van der Waals surface area contributed by atoms with Crippen molar-refractivity contribution in [3.8, 4) is 0 Å². The fourth-order valence-corrected chi connectivity index (χ4v) is 3.23. The average molecular weight is 292 g/mol. The minimum absolute atomic E-state index is 0.185. The Morgan fingerprint density at radius 1 is 1.06 bits per heavy atom. The molecule has 1 aromatic carbocycles. The van der Waals surface area contributed by atoms with Gasteiger partial charge in [-0.25, -0.2) is 0 Å². The first kappa shape index (κ1) is 12.3. The van der Waals surface area contributed by atoms with Crippen molar-refractivity contribution in [3.05, 3.63) is 55.7 Å². The molecule has 0 aliphatic rings. The van der Waals surface area contributed by atoms with Crippen molar-refractivity contribution in [3.63, 3.8) is 0 Å². The first-order valence-electron chi connectivity index (χ1n) is 4.72. The number of hydrogen-bond donors (Lipinski definition) is 0. The van der Waals surface area contributed by atoms with Crippen molar-refractivity contribution in [1.29, 1.82) is 0 Å². The summed E-state index contributed by atoms with van der Waals surface area (Å²) in [6.07, 6.45) is 0. The zero-order valence-electron chi connectivity index (χ0n) is 8.51. The van der Waals surface area contributed by atoms with Gasteiger partial charge in [-0.05, 0) is 42.8 Å². The van der Waals surface area contributed by atoms with E-state index in [2.05, 4.69) is 13.0 Å². The van der Waals surface area contributed by atoms with Crippen LogP contribution in [0.15, 0.2) is 30.3 Å². The van der Waals surface area contributed by atoms with Crippen molar-refractivity contribution in [1.82, 2.24) is 0 Å². The summed E-state index contributed by atoms with van der Waals surface area (Å²) >= 11 is 20.0. The molecule has 0 radical (unpaired) electrons. The molecule has 0 N–H and O–H groups in total. The molecular formula is C12H9Cl3S. The molecule has 0 fully saturated rings. The summed E-state index contributed by atoms with van der Waals surface area (Å²) < 4.78 is 0. The standard InChI is InChI=1S/C12H9Cl3S/c1-7-2-3-11(16-7)12(15)8-4-9(13)6-10(14)5-8/h2-6,12H,1H3. The molecule has 0 aliphatic carbocycles. The SMILES string of the molecule is Cc1ccc(C(Cl)c2cc(Cl)cc(Cl)c2)s1. The van der Waals surface area contributed by atoms with Crippen LogP contribution in [0.1, 0.15) is 20.7 Å². The quantitative estimate of drug-likeness (QED) is 0.623. The van der Waals surface area contributed by atoms with Gasteiger partial charge in [-0.1, -0.05) is 23.2 Å². The summed E-state index contributed by atoms with van der Waals surface area (Å²) in [7, 11) is 0. The highest BCUT2D eigenvalue weighted by Crippen LogP contribution is 2.35. The van der Waals surface area contributed by atoms with Gasteiger partial charge in [-0.3, -0.25) is 0 Å². The zero-order valence-corrected chi connectivity index (χ0v) is 11.6. The third-order valence-electron chi connectivity index (χ3n) is 2.19. The highest BCUT2D eigenvalue weighted by Gasteiger charge is 2.13. The van der Waals surface area contributed by atoms with Crippen LogP contribution in [-0.2, 0) is 0 Å². The molecule has 0 saturated heterocycles. The molecule has 0 nitrogen and oxygen atoms in total. The summed E-state index contributed by atoms with van der Waals surface area (Å²) in [6, 6.07) is 9.49. The number of rotatable bonds is 2. The van der Waals surface area contributed by atoms with Crippen LogP contribution >= 0.6 is 46.1 Å². The van der Waals surface area contributed by atoms with Crippen molar-refractivity contribution in [2.75, 3.05) is 0 Å². The van der Waals surface area contributed by atoms with Crippen LogP contribution in [0.2, 0.25) is 10.0 Å². The van der Waals surface area contributed by atoms with Crippen LogP contribution in [-0.4, -0.2) is 0 Å². The highest BCUT2D eigenvalue weighted by molar-refractivity contribution is 7.12. The van der Waals surface area contributed by atoms with Crippen LogP contribution < -0.4 is 0 Å². The van der Waals surface area contributed by atoms with Crippen molar-refractivity contribution >= 4 is 46.1 Å². The Morgan fingerprint density at radius 3 is 2.19 bits per heavy atom. The first-order chi connectivity index (χ1) is 7.56. The second-order valence-electron chi connectivity index (χ2n) is 3.51. The molecule has 1 atom stereocenters. The lowest BCUT2D eigenvalue weighted by Crippen LogP contribution is -1.89. The van der Waals surface area contributed by atoms with Gasteiger partial charge >= 0.3 is 0 Å². The maximum absolute atomic E-state index is 6.38. The van der Waals surface area contributed by atoms with Gasteiger partial charge in [-0.15, -0.1) is 22.9 Å². The normalized spacial score (nSPS) is 12.8. The summed E-state index contributed by atoms with van der Waals surface area (Å²) in [6.45, 7) is 2.06. The predicted molar refractivity (Wildman–Crippen MR) is 73.2 cm³/mol. The smallest absolute Gasteiger partial charge is 0.0928 e. The van der Waals surface area contributed by atoms with Crippen molar-refractivity contribution in [2.45, 2.75) is 12.3 Å². The molecule has 0 saturated carbocycles. The van der Waals surface area contributed by atoms with Gasteiger partial charge in [0.2, 0.25) is 0 Å². The third kappa shape index (κ3) is 2.72. The van der Waals surface area contributed by atoms with Crippen molar-refractivity contribution in [2.24, 2.45) is 0 Å². The maximum atomic E-state index is 6.38. The van der Waals surface area contributed by atoms with Gasteiger partial charge in [0.1, 0.15) is 0 Å². The van der Waals surface area contributed by atoms with E-state index in [4.69, 9.17) is 34.8 Å². The van der Waals surface area contributed by atoms with Crippen LogP contribution in [0.5, 0.6) is 0 Å². The third-order valence-corrected chi connectivity index (χ3v) is 4.31. The van der Waals surface area contributed by atoms with Crippen LogP contribution in [0.4, 0.5) is 0 Å². The van der Waals surface area contributed by atoms with Crippen LogP contribution in [0.3, 0.4) is 0 Å². The van der Waals surface area contributed by atoms with Crippen LogP contribution in [0.25, 0.3) is 0 Å². The van der Waals surface area contributed by atoms with E-state index in [0.717, 1.165) is 10.4 Å². The molecule has 84 valence electrons. The minimum atomic E-state index is -0.185. The summed E-state index contributed by atoms with van der Waals surface area (Å²) in [5, 5.41) is 1.04. The lowest BCUT2D eigenvalue weighted by Gasteiger charge is -2.08. The van der Waals surface area contributed by atoms with E-state index in [1.54, 1.807) is 17.4 Å². The van der Waals surface area contributed by atoms with E-state index in [1.165, 1.54) is 4.88 Å². The molecule has 0 spiro atoms. The maximum Gasteiger partial charge on any atom is 0.0928 e. The largest absolute Gasteiger partial charge is 0.144 e. The number of aryl methyl sites for hydroxylation is 1. The lowest BCUT2D eigenvalue weighted by molar-refractivity contribution is 1.18. The molecule has 1 unspecified atom stereocenters. The van der Waals surface area contributed by atoms with Gasteiger partial charge < -0.3 is 0 Å². The Bertz CT molecular complexity index is 484. The second-order valence-corrected chi connectivity index (χ2v) is 6.14. The van der Waals surface area contributed by atoms with Gasteiger partial charge in [0.05, 0.1) is 5.38 Å². The Kier molecular flexibility index (Phi) is 3.81. The van der Waals surface area contributed by atoms with E-state index >= 15 is 0 Å². The Hall–Kier alpha value is -0.210. The summed E-state index contributed by atoms with van der Waals surface area (Å²) in [5.74, 6) is 0. The molecule has 0 aliphatic heterocycles. The average Bonchev–Trinajstić information content (AvgIpc) is 2.62. The minimum Gasteiger partial charge on any atom is -0.144 e. The predicted octanol–water partition coefficient (Wildman–Crippen LogP) is 5.69. The molecule has 16 heavy (non-hydrogen) atoms. The number of thiophene rings is 1. The fraction of sp³-hybridized carbons (Fsp3) is 0.167. The van der Waals surface area contributed by atoms with Crippen molar-refractivity contribution < 1.29 is 0 Å². The van der Waals surface area contributed by atoms with E-state index in [1.807, 2.05) is 18.2 Å². The molecule has 1 heterocycles. The summed E-state index contributed by atoms with van der Waals surface area (Å²) in [5.41, 5.74) is 0.931. The second kappa shape index (κ2) is 4.97. The van der Waals surface area contributed by atoms with Gasteiger partial charge in [0.25, 0.3) is 0 Å². The zero-order chi connectivity index (χ0) is 11.7. The number of halogens is 3. The lowest BCUT2D eigenvalue weighted by atomic mass is 10.1. The van der Waals surface area contributed by atoms with Gasteiger partial charge in [-0.2, -0.15) is 0 Å². The van der Waals surface area contributed by atoms with E-state index in [-0.39, 0.29) is 5.38 Å². The number of benzene rings is 1. The Morgan fingerprint density at radius 2 is 1.69 bits per heavy atom. The Balaban J connectivity index is 2.37. The molecule has 2 rings (SSSR count). The van der Waals surface area contributed by atoms with E-state index in [9.17, 15) is 0 Å². The molecule has 0 bridgehead atoms.